The molecule has 0 aliphatic carbocycles. The van der Waals surface area contributed by atoms with E-state index in [0.717, 1.165) is 40.9 Å². The molecule has 1 aliphatic heterocycles. The van der Waals surface area contributed by atoms with Crippen LogP contribution in [0.5, 0.6) is 0 Å². The lowest BCUT2D eigenvalue weighted by atomic mass is 9.97. The Morgan fingerprint density at radius 1 is 1.17 bits per heavy atom. The molecule has 0 bridgehead atoms. The molecule has 0 fully saturated rings. The second-order valence-electron chi connectivity index (χ2n) is 8.48. The van der Waals surface area contributed by atoms with E-state index in [0.29, 0.717) is 16.8 Å². The van der Waals surface area contributed by atoms with Gasteiger partial charge in [0.2, 0.25) is 5.95 Å². The van der Waals surface area contributed by atoms with Gasteiger partial charge in [-0.15, -0.1) is 0 Å². The third kappa shape index (κ3) is 3.48. The molecule has 8 heteroatoms. The van der Waals surface area contributed by atoms with E-state index >= 15 is 0 Å². The van der Waals surface area contributed by atoms with Crippen molar-refractivity contribution in [2.24, 2.45) is 5.92 Å². The second kappa shape index (κ2) is 7.35. The number of aliphatic hydroxyl groups is 1. The van der Waals surface area contributed by atoms with Crippen LogP contribution in [-0.2, 0) is 16.4 Å². The number of hydrogen-bond donors (Lipinski definition) is 1. The largest absolute Gasteiger partial charge is 0.389 e. The zero-order valence-corrected chi connectivity index (χ0v) is 18.8. The first-order valence-electron chi connectivity index (χ1n) is 10.2. The molecule has 30 heavy (non-hydrogen) atoms. The van der Waals surface area contributed by atoms with Gasteiger partial charge >= 0.3 is 0 Å². The highest BCUT2D eigenvalue weighted by atomic mass is 32.2. The van der Waals surface area contributed by atoms with Gasteiger partial charge in [-0.3, -0.25) is 0 Å². The smallest absolute Gasteiger partial charge is 0.226 e. The van der Waals surface area contributed by atoms with E-state index in [2.05, 4.69) is 34.4 Å². The summed E-state index contributed by atoms with van der Waals surface area (Å²) in [6, 6.07) is 7.54. The van der Waals surface area contributed by atoms with E-state index in [1.807, 2.05) is 13.0 Å². The fraction of sp³-hybridized carbons (Fsp3) is 0.455. The van der Waals surface area contributed by atoms with Crippen LogP contribution in [0.2, 0.25) is 0 Å². The minimum atomic E-state index is -3.26. The summed E-state index contributed by atoms with van der Waals surface area (Å²) in [7, 11) is -3.26. The lowest BCUT2D eigenvalue weighted by Gasteiger charge is -2.39. The summed E-state index contributed by atoms with van der Waals surface area (Å²) >= 11 is 0. The molecule has 1 aliphatic rings. The Hall–Kier alpha value is -2.45. The lowest BCUT2D eigenvalue weighted by molar-refractivity contribution is 0.197. The maximum absolute atomic E-state index is 12.0. The highest BCUT2D eigenvalue weighted by Crippen LogP contribution is 2.38. The monoisotopic (exact) mass is 428 g/mol. The van der Waals surface area contributed by atoms with Crippen molar-refractivity contribution in [2.75, 3.05) is 17.7 Å². The van der Waals surface area contributed by atoms with Crippen LogP contribution in [0.25, 0.3) is 10.9 Å². The SMILES string of the molecule is Cc1nc(N2CCn3c(cc4ccc(S(C)(=O)=O)cc43)C2C(C)C)ncc1[C@@H](C)O. The Morgan fingerprint density at radius 3 is 2.50 bits per heavy atom. The number of rotatable bonds is 4. The van der Waals surface area contributed by atoms with E-state index in [1.165, 1.54) is 6.26 Å². The maximum Gasteiger partial charge on any atom is 0.226 e. The molecule has 2 aromatic heterocycles. The highest BCUT2D eigenvalue weighted by Gasteiger charge is 2.33. The summed E-state index contributed by atoms with van der Waals surface area (Å²) < 4.78 is 26.3. The van der Waals surface area contributed by atoms with Gasteiger partial charge < -0.3 is 14.6 Å². The molecular weight excluding hydrogens is 400 g/mol. The van der Waals surface area contributed by atoms with E-state index < -0.39 is 15.9 Å². The Morgan fingerprint density at radius 2 is 1.90 bits per heavy atom. The highest BCUT2D eigenvalue weighted by molar-refractivity contribution is 7.90. The third-order valence-electron chi connectivity index (χ3n) is 5.88. The van der Waals surface area contributed by atoms with Gasteiger partial charge in [0.1, 0.15) is 0 Å². The average Bonchev–Trinajstić information content (AvgIpc) is 3.03. The molecule has 3 heterocycles. The van der Waals surface area contributed by atoms with Crippen molar-refractivity contribution in [3.63, 3.8) is 0 Å². The zero-order valence-electron chi connectivity index (χ0n) is 18.0. The molecule has 1 aromatic carbocycles. The molecule has 0 amide bonds. The molecule has 4 rings (SSSR count). The number of sulfone groups is 1. The van der Waals surface area contributed by atoms with E-state index in [-0.39, 0.29) is 6.04 Å². The second-order valence-corrected chi connectivity index (χ2v) is 10.5. The van der Waals surface area contributed by atoms with Gasteiger partial charge in [0.15, 0.2) is 9.84 Å². The molecule has 3 aromatic rings. The Balaban J connectivity index is 1.82. The minimum absolute atomic E-state index is 0.0598. The molecule has 160 valence electrons. The predicted octanol–water partition coefficient (Wildman–Crippen LogP) is 3.41. The zero-order chi connectivity index (χ0) is 21.8. The molecule has 0 radical (unpaired) electrons. The lowest BCUT2D eigenvalue weighted by Crippen LogP contribution is -2.41. The number of hydrogen-bond acceptors (Lipinski definition) is 6. The summed E-state index contributed by atoms with van der Waals surface area (Å²) in [4.78, 5) is 11.8. The van der Waals surface area contributed by atoms with Crippen LogP contribution in [0.1, 0.15) is 49.9 Å². The van der Waals surface area contributed by atoms with Crippen LogP contribution in [0.15, 0.2) is 35.4 Å². The fourth-order valence-corrected chi connectivity index (χ4v) is 5.07. The van der Waals surface area contributed by atoms with Crippen molar-refractivity contribution in [1.82, 2.24) is 14.5 Å². The average molecular weight is 429 g/mol. The van der Waals surface area contributed by atoms with Crippen LogP contribution in [0, 0.1) is 12.8 Å². The van der Waals surface area contributed by atoms with E-state index in [4.69, 9.17) is 4.98 Å². The van der Waals surface area contributed by atoms with Crippen molar-refractivity contribution in [2.45, 2.75) is 51.3 Å². The van der Waals surface area contributed by atoms with Gasteiger partial charge in [0, 0.05) is 53.4 Å². The molecule has 1 unspecified atom stereocenters. The molecular formula is C22H28N4O3S. The summed E-state index contributed by atoms with van der Waals surface area (Å²) in [5, 5.41) is 10.9. The van der Waals surface area contributed by atoms with Gasteiger partial charge in [0.05, 0.1) is 17.0 Å². The van der Waals surface area contributed by atoms with Crippen molar-refractivity contribution in [1.29, 1.82) is 0 Å². The van der Waals surface area contributed by atoms with Gasteiger partial charge in [-0.2, -0.15) is 0 Å². The van der Waals surface area contributed by atoms with Crippen molar-refractivity contribution < 1.29 is 13.5 Å². The molecule has 7 nitrogen and oxygen atoms in total. The van der Waals surface area contributed by atoms with Crippen molar-refractivity contribution in [3.05, 3.63) is 47.4 Å². The number of benzene rings is 1. The van der Waals surface area contributed by atoms with Crippen LogP contribution in [0.3, 0.4) is 0 Å². The number of fused-ring (bicyclic) bond motifs is 3. The number of anilines is 1. The number of aromatic nitrogens is 3. The number of aliphatic hydroxyl groups excluding tert-OH is 1. The maximum atomic E-state index is 12.0. The quantitative estimate of drug-likeness (QED) is 0.685. The van der Waals surface area contributed by atoms with Gasteiger partial charge in [-0.1, -0.05) is 19.9 Å². The van der Waals surface area contributed by atoms with Crippen molar-refractivity contribution in [3.8, 4) is 0 Å². The van der Waals surface area contributed by atoms with Crippen LogP contribution >= 0.6 is 0 Å². The Bertz CT molecular complexity index is 1210. The molecule has 1 N–H and O–H groups in total. The van der Waals surface area contributed by atoms with E-state index in [9.17, 15) is 13.5 Å². The van der Waals surface area contributed by atoms with Crippen LogP contribution in [0.4, 0.5) is 5.95 Å². The first-order valence-corrected chi connectivity index (χ1v) is 12.1. The fourth-order valence-electron chi connectivity index (χ4n) is 4.43. The molecule has 0 saturated heterocycles. The van der Waals surface area contributed by atoms with Gasteiger partial charge in [0.25, 0.3) is 0 Å². The normalized spacial score (nSPS) is 18.1. The summed E-state index contributed by atoms with van der Waals surface area (Å²) in [6.07, 6.45) is 2.35. The van der Waals surface area contributed by atoms with E-state index in [1.54, 1.807) is 25.3 Å². The van der Waals surface area contributed by atoms with Crippen molar-refractivity contribution >= 4 is 26.7 Å². The summed E-state index contributed by atoms with van der Waals surface area (Å²) in [5.74, 6) is 0.951. The van der Waals surface area contributed by atoms with Gasteiger partial charge in [-0.25, -0.2) is 18.4 Å². The standard InChI is InChI=1S/C22H28N4O3S/c1-13(2)21-20-10-16-6-7-17(30(5,28)29)11-19(16)25(20)8-9-26(21)22-23-12-18(15(4)27)14(3)24-22/h6-7,10-13,15,21,27H,8-9H2,1-5H3/t15-,21?/m1/s1. The molecule has 0 spiro atoms. The van der Waals surface area contributed by atoms with Crippen LogP contribution in [-0.4, -0.2) is 40.9 Å². The minimum Gasteiger partial charge on any atom is -0.389 e. The molecule has 0 saturated carbocycles. The predicted molar refractivity (Wildman–Crippen MR) is 117 cm³/mol. The summed E-state index contributed by atoms with van der Waals surface area (Å²) in [5.41, 5.74) is 3.60. The first kappa shape index (κ1) is 20.8. The number of aryl methyl sites for hydroxylation is 1. The number of nitrogens with zero attached hydrogens (tertiary/aromatic N) is 4. The topological polar surface area (TPSA) is 88.3 Å². The van der Waals surface area contributed by atoms with Gasteiger partial charge in [-0.05, 0) is 38.0 Å². The first-order chi connectivity index (χ1) is 14.1. The van der Waals surface area contributed by atoms with Crippen LogP contribution < -0.4 is 4.90 Å². The Kier molecular flexibility index (Phi) is 5.10. The molecule has 2 atom stereocenters. The Labute approximate surface area is 177 Å². The third-order valence-corrected chi connectivity index (χ3v) is 6.99. The summed E-state index contributed by atoms with van der Waals surface area (Å²) in [6.45, 7) is 9.39.